The van der Waals surface area contributed by atoms with Crippen molar-refractivity contribution in [1.29, 1.82) is 0 Å². The number of hydrogen-bond donors (Lipinski definition) is 2. The fourth-order valence-electron chi connectivity index (χ4n) is 5.35. The molecular weight excluding hydrogens is 256 g/mol. The van der Waals surface area contributed by atoms with Crippen molar-refractivity contribution < 1.29 is 4.79 Å². The molecule has 2 N–H and O–H groups in total. The van der Waals surface area contributed by atoms with Gasteiger partial charge in [-0.05, 0) is 56.3 Å². The first kappa shape index (κ1) is 12.5. The van der Waals surface area contributed by atoms with Gasteiger partial charge >= 0.3 is 0 Å². The third-order valence-electron chi connectivity index (χ3n) is 5.66. The number of amides is 1. The van der Waals surface area contributed by atoms with E-state index in [4.69, 9.17) is 0 Å². The van der Waals surface area contributed by atoms with Gasteiger partial charge in [0.15, 0.2) is 0 Å². The van der Waals surface area contributed by atoms with E-state index in [1.807, 2.05) is 11.8 Å². The largest absolute Gasteiger partial charge is 0.349 e. The monoisotopic (exact) mass is 280 g/mol. The van der Waals surface area contributed by atoms with Gasteiger partial charge in [0.05, 0.1) is 6.04 Å². The van der Waals surface area contributed by atoms with Crippen LogP contribution in [0.15, 0.2) is 0 Å². The van der Waals surface area contributed by atoms with Crippen LogP contribution in [0.1, 0.15) is 38.5 Å². The highest BCUT2D eigenvalue weighted by Gasteiger charge is 2.51. The van der Waals surface area contributed by atoms with Gasteiger partial charge in [0.1, 0.15) is 0 Å². The molecule has 0 spiro atoms. The molecule has 0 aromatic heterocycles. The van der Waals surface area contributed by atoms with Gasteiger partial charge in [0.2, 0.25) is 5.91 Å². The molecule has 0 aromatic carbocycles. The summed E-state index contributed by atoms with van der Waals surface area (Å²) in [7, 11) is 0. The highest BCUT2D eigenvalue weighted by atomic mass is 32.2. The van der Waals surface area contributed by atoms with Crippen LogP contribution in [0.3, 0.4) is 0 Å². The Hall–Kier alpha value is -0.220. The minimum Gasteiger partial charge on any atom is -0.349 e. The van der Waals surface area contributed by atoms with Gasteiger partial charge in [-0.2, -0.15) is 11.8 Å². The summed E-state index contributed by atoms with van der Waals surface area (Å²) in [5.74, 6) is 5.06. The smallest absolute Gasteiger partial charge is 0.238 e. The van der Waals surface area contributed by atoms with E-state index in [2.05, 4.69) is 10.6 Å². The number of carbonyl (C=O) groups is 1. The van der Waals surface area contributed by atoms with Crippen molar-refractivity contribution in [2.75, 3.05) is 18.1 Å². The summed E-state index contributed by atoms with van der Waals surface area (Å²) < 4.78 is 0. The summed E-state index contributed by atoms with van der Waals surface area (Å²) in [6, 6.07) is 0.0479. The molecule has 1 unspecified atom stereocenters. The quantitative estimate of drug-likeness (QED) is 0.810. The number of carbonyl (C=O) groups excluding carboxylic acids is 1. The predicted molar refractivity (Wildman–Crippen MR) is 78.2 cm³/mol. The Morgan fingerprint density at radius 3 is 2.26 bits per heavy atom. The number of nitrogens with one attached hydrogen (secondary N) is 2. The summed E-state index contributed by atoms with van der Waals surface area (Å²) in [4.78, 5) is 12.5. The predicted octanol–water partition coefficient (Wildman–Crippen LogP) is 1.78. The van der Waals surface area contributed by atoms with Gasteiger partial charge in [0, 0.05) is 23.6 Å². The topological polar surface area (TPSA) is 41.1 Å². The maximum Gasteiger partial charge on any atom is 0.238 e. The maximum absolute atomic E-state index is 12.5. The molecule has 4 aliphatic carbocycles. The van der Waals surface area contributed by atoms with Crippen molar-refractivity contribution in [1.82, 2.24) is 10.6 Å². The standard InChI is InChI=1S/C15H24N2OS/c18-14(13-9-19-2-1-16-13)17-15-6-10-3-11(7-15)5-12(4-10)8-15/h10-13,16H,1-9H2,(H,17,18). The second-order valence-corrected chi connectivity index (χ2v) is 8.42. The Morgan fingerprint density at radius 2 is 1.74 bits per heavy atom. The zero-order valence-corrected chi connectivity index (χ0v) is 12.3. The Balaban J connectivity index is 1.45. The maximum atomic E-state index is 12.5. The van der Waals surface area contributed by atoms with Crippen LogP contribution in [0.4, 0.5) is 0 Å². The van der Waals surface area contributed by atoms with E-state index in [0.29, 0.717) is 0 Å². The van der Waals surface area contributed by atoms with E-state index in [9.17, 15) is 4.79 Å². The number of thioether (sulfide) groups is 1. The molecule has 4 heteroatoms. The molecule has 5 rings (SSSR count). The summed E-state index contributed by atoms with van der Waals surface area (Å²) in [5, 5.41) is 6.85. The van der Waals surface area contributed by atoms with Gasteiger partial charge in [-0.25, -0.2) is 0 Å². The molecular formula is C15H24N2OS. The molecule has 3 nitrogen and oxygen atoms in total. The Kier molecular flexibility index (Phi) is 3.07. The van der Waals surface area contributed by atoms with Gasteiger partial charge < -0.3 is 10.6 Å². The van der Waals surface area contributed by atoms with E-state index < -0.39 is 0 Å². The molecule has 0 radical (unpaired) electrons. The second-order valence-electron chi connectivity index (χ2n) is 7.27. The highest BCUT2D eigenvalue weighted by molar-refractivity contribution is 7.99. The highest BCUT2D eigenvalue weighted by Crippen LogP contribution is 2.55. The fourth-order valence-corrected chi connectivity index (χ4v) is 6.28. The zero-order valence-electron chi connectivity index (χ0n) is 11.5. The van der Waals surface area contributed by atoms with Crippen LogP contribution < -0.4 is 10.6 Å². The van der Waals surface area contributed by atoms with E-state index in [1.54, 1.807) is 0 Å². The molecule has 1 heterocycles. The molecule has 0 aromatic rings. The lowest BCUT2D eigenvalue weighted by Gasteiger charge is -2.57. The molecule has 1 atom stereocenters. The van der Waals surface area contributed by atoms with Crippen molar-refractivity contribution in [3.05, 3.63) is 0 Å². The van der Waals surface area contributed by atoms with Gasteiger partial charge in [-0.15, -0.1) is 0 Å². The summed E-state index contributed by atoms with van der Waals surface area (Å²) in [6.45, 7) is 0.976. The lowest BCUT2D eigenvalue weighted by molar-refractivity contribution is -0.128. The minimum absolute atomic E-state index is 0.0479. The third-order valence-corrected chi connectivity index (χ3v) is 6.73. The molecule has 1 amide bonds. The molecule has 5 fully saturated rings. The first-order valence-corrected chi connectivity index (χ1v) is 9.01. The zero-order chi connectivity index (χ0) is 12.9. The number of hydrogen-bond acceptors (Lipinski definition) is 3. The molecule has 106 valence electrons. The molecule has 4 saturated carbocycles. The Bertz CT molecular complexity index is 343. The molecule has 1 saturated heterocycles. The Labute approximate surface area is 119 Å². The van der Waals surface area contributed by atoms with E-state index in [0.717, 1.165) is 35.8 Å². The van der Waals surface area contributed by atoms with E-state index >= 15 is 0 Å². The second kappa shape index (κ2) is 4.66. The Morgan fingerprint density at radius 1 is 1.11 bits per heavy atom. The van der Waals surface area contributed by atoms with Crippen LogP contribution in [-0.2, 0) is 4.79 Å². The van der Waals surface area contributed by atoms with Crippen LogP contribution in [0.5, 0.6) is 0 Å². The third kappa shape index (κ3) is 2.31. The lowest BCUT2D eigenvalue weighted by Crippen LogP contribution is -2.63. The average Bonchev–Trinajstić information content (AvgIpc) is 2.37. The SMILES string of the molecule is O=C(NC12CC3CC(CC(C3)C1)C2)C1CSCCN1. The lowest BCUT2D eigenvalue weighted by atomic mass is 9.53. The minimum atomic E-state index is 0.0479. The summed E-state index contributed by atoms with van der Waals surface area (Å²) in [5.41, 5.74) is 0.176. The van der Waals surface area contributed by atoms with E-state index in [-0.39, 0.29) is 17.5 Å². The van der Waals surface area contributed by atoms with Crippen molar-refractivity contribution in [2.24, 2.45) is 17.8 Å². The normalized spacial score (nSPS) is 48.2. The summed E-state index contributed by atoms with van der Waals surface area (Å²) >= 11 is 1.90. The summed E-state index contributed by atoms with van der Waals surface area (Å²) in [6.07, 6.45) is 8.08. The van der Waals surface area contributed by atoms with Crippen LogP contribution in [0, 0.1) is 17.8 Å². The molecule has 1 aliphatic heterocycles. The van der Waals surface area contributed by atoms with Crippen LogP contribution in [0.2, 0.25) is 0 Å². The van der Waals surface area contributed by atoms with Crippen molar-refractivity contribution >= 4 is 17.7 Å². The van der Waals surface area contributed by atoms with Gasteiger partial charge in [0.25, 0.3) is 0 Å². The van der Waals surface area contributed by atoms with Crippen LogP contribution >= 0.6 is 11.8 Å². The first-order chi connectivity index (χ1) is 9.22. The molecule has 5 aliphatic rings. The number of rotatable bonds is 2. The fraction of sp³-hybridized carbons (Fsp3) is 0.933. The van der Waals surface area contributed by atoms with E-state index in [1.165, 1.54) is 38.5 Å². The van der Waals surface area contributed by atoms with Crippen molar-refractivity contribution in [3.63, 3.8) is 0 Å². The molecule has 19 heavy (non-hydrogen) atoms. The van der Waals surface area contributed by atoms with Gasteiger partial charge in [-0.1, -0.05) is 0 Å². The van der Waals surface area contributed by atoms with Crippen molar-refractivity contribution in [3.8, 4) is 0 Å². The average molecular weight is 280 g/mol. The van der Waals surface area contributed by atoms with Crippen LogP contribution in [-0.4, -0.2) is 35.5 Å². The molecule has 4 bridgehead atoms. The van der Waals surface area contributed by atoms with Crippen molar-refractivity contribution in [2.45, 2.75) is 50.1 Å². The first-order valence-electron chi connectivity index (χ1n) is 7.86. The van der Waals surface area contributed by atoms with Crippen LogP contribution in [0.25, 0.3) is 0 Å². The van der Waals surface area contributed by atoms with Gasteiger partial charge in [-0.3, -0.25) is 4.79 Å².